The number of aromatic nitrogens is 1. The van der Waals surface area contributed by atoms with Crippen molar-refractivity contribution in [2.45, 2.75) is 39.7 Å². The highest BCUT2D eigenvalue weighted by atomic mass is 35.5. The molecule has 4 heteroatoms. The van der Waals surface area contributed by atoms with Gasteiger partial charge in [0.05, 0.1) is 11.7 Å². The molecule has 2 aromatic rings. The first kappa shape index (κ1) is 15.5. The highest BCUT2D eigenvalue weighted by Crippen LogP contribution is 2.29. The molecule has 1 aromatic heterocycles. The summed E-state index contributed by atoms with van der Waals surface area (Å²) < 4.78 is 0. The zero-order valence-corrected chi connectivity index (χ0v) is 13.8. The third kappa shape index (κ3) is 3.60. The van der Waals surface area contributed by atoms with E-state index in [0.717, 1.165) is 29.4 Å². The molecule has 2 rings (SSSR count). The van der Waals surface area contributed by atoms with E-state index in [1.54, 1.807) is 11.3 Å². The summed E-state index contributed by atoms with van der Waals surface area (Å²) in [6, 6.07) is 8.18. The van der Waals surface area contributed by atoms with Gasteiger partial charge in [-0.2, -0.15) is 0 Å². The molecule has 1 aromatic carbocycles. The average Bonchev–Trinajstić information content (AvgIpc) is 2.80. The number of hydrogen-bond acceptors (Lipinski definition) is 3. The third-order valence-electron chi connectivity index (χ3n) is 3.27. The molecule has 0 aliphatic heterocycles. The molecule has 0 saturated carbocycles. The molecule has 0 fully saturated rings. The van der Waals surface area contributed by atoms with Gasteiger partial charge >= 0.3 is 0 Å². The second kappa shape index (κ2) is 7.21. The number of halogens is 1. The molecular formula is C16H21ClN2S. The fourth-order valence-corrected chi connectivity index (χ4v) is 3.54. The topological polar surface area (TPSA) is 24.9 Å². The van der Waals surface area contributed by atoms with E-state index in [1.165, 1.54) is 16.1 Å². The Morgan fingerprint density at radius 3 is 2.75 bits per heavy atom. The van der Waals surface area contributed by atoms with Crippen LogP contribution in [0.2, 0.25) is 5.02 Å². The van der Waals surface area contributed by atoms with Crippen molar-refractivity contribution in [3.05, 3.63) is 50.4 Å². The number of rotatable bonds is 6. The molecule has 1 atom stereocenters. The number of aryl methyl sites for hydroxylation is 2. The van der Waals surface area contributed by atoms with Crippen molar-refractivity contribution < 1.29 is 0 Å². The Morgan fingerprint density at radius 2 is 2.15 bits per heavy atom. The van der Waals surface area contributed by atoms with Crippen LogP contribution in [-0.2, 0) is 6.42 Å². The van der Waals surface area contributed by atoms with Crippen LogP contribution in [0.5, 0.6) is 0 Å². The summed E-state index contributed by atoms with van der Waals surface area (Å²) in [7, 11) is 0. The van der Waals surface area contributed by atoms with Gasteiger partial charge in [-0.05, 0) is 44.0 Å². The summed E-state index contributed by atoms with van der Waals surface area (Å²) in [5.41, 5.74) is 2.39. The monoisotopic (exact) mass is 308 g/mol. The summed E-state index contributed by atoms with van der Waals surface area (Å²) in [6.45, 7) is 7.44. The van der Waals surface area contributed by atoms with E-state index in [9.17, 15) is 0 Å². The Labute approximate surface area is 130 Å². The zero-order valence-electron chi connectivity index (χ0n) is 12.2. The number of nitrogens with one attached hydrogen (secondary N) is 1. The van der Waals surface area contributed by atoms with Crippen LogP contribution in [0.3, 0.4) is 0 Å². The fourth-order valence-electron chi connectivity index (χ4n) is 2.22. The van der Waals surface area contributed by atoms with Crippen molar-refractivity contribution in [3.63, 3.8) is 0 Å². The van der Waals surface area contributed by atoms with Crippen LogP contribution in [-0.4, -0.2) is 11.5 Å². The lowest BCUT2D eigenvalue weighted by molar-refractivity contribution is 0.594. The standard InChI is InChI=1S/C16H21ClN2S/c1-4-9-18-15(12-7-6-8-13(17)10-12)16-19-14(5-2)11(3)20-16/h6-8,10,15,18H,4-5,9H2,1-3H3. The Hall–Kier alpha value is -0.900. The fraction of sp³-hybridized carbons (Fsp3) is 0.438. The zero-order chi connectivity index (χ0) is 14.5. The number of benzene rings is 1. The maximum absolute atomic E-state index is 6.13. The minimum atomic E-state index is 0.137. The van der Waals surface area contributed by atoms with E-state index in [0.29, 0.717) is 0 Å². The van der Waals surface area contributed by atoms with Crippen LogP contribution in [0, 0.1) is 6.92 Å². The van der Waals surface area contributed by atoms with Crippen molar-refractivity contribution >= 4 is 22.9 Å². The van der Waals surface area contributed by atoms with Crippen molar-refractivity contribution in [3.8, 4) is 0 Å². The van der Waals surface area contributed by atoms with E-state index in [1.807, 2.05) is 18.2 Å². The van der Waals surface area contributed by atoms with Crippen LogP contribution >= 0.6 is 22.9 Å². The van der Waals surface area contributed by atoms with Crippen LogP contribution < -0.4 is 5.32 Å². The SMILES string of the molecule is CCCNC(c1cccc(Cl)c1)c1nc(CC)c(C)s1. The first-order chi connectivity index (χ1) is 9.65. The van der Waals surface area contributed by atoms with E-state index in [2.05, 4.69) is 32.2 Å². The molecule has 0 bridgehead atoms. The number of nitrogens with zero attached hydrogens (tertiary/aromatic N) is 1. The molecule has 0 radical (unpaired) electrons. The maximum Gasteiger partial charge on any atom is 0.115 e. The van der Waals surface area contributed by atoms with Gasteiger partial charge in [-0.3, -0.25) is 0 Å². The first-order valence-corrected chi connectivity index (χ1v) is 8.30. The largest absolute Gasteiger partial charge is 0.304 e. The normalized spacial score (nSPS) is 12.6. The Morgan fingerprint density at radius 1 is 1.35 bits per heavy atom. The Bertz CT molecular complexity index is 565. The number of hydrogen-bond donors (Lipinski definition) is 1. The van der Waals surface area contributed by atoms with E-state index >= 15 is 0 Å². The van der Waals surface area contributed by atoms with Gasteiger partial charge in [-0.1, -0.05) is 37.6 Å². The average molecular weight is 309 g/mol. The van der Waals surface area contributed by atoms with Crippen LogP contribution in [0.4, 0.5) is 0 Å². The molecule has 108 valence electrons. The molecule has 1 heterocycles. The van der Waals surface area contributed by atoms with Crippen molar-refractivity contribution in [1.82, 2.24) is 10.3 Å². The van der Waals surface area contributed by atoms with Gasteiger partial charge in [0.25, 0.3) is 0 Å². The first-order valence-electron chi connectivity index (χ1n) is 7.10. The van der Waals surface area contributed by atoms with Gasteiger partial charge in [0, 0.05) is 9.90 Å². The summed E-state index contributed by atoms with van der Waals surface area (Å²) in [5.74, 6) is 0. The van der Waals surface area contributed by atoms with E-state index in [4.69, 9.17) is 16.6 Å². The van der Waals surface area contributed by atoms with Crippen LogP contribution in [0.25, 0.3) is 0 Å². The molecular weight excluding hydrogens is 288 g/mol. The molecule has 2 nitrogen and oxygen atoms in total. The molecule has 20 heavy (non-hydrogen) atoms. The third-order valence-corrected chi connectivity index (χ3v) is 4.58. The van der Waals surface area contributed by atoms with Gasteiger partial charge in [-0.25, -0.2) is 4.98 Å². The summed E-state index contributed by atoms with van der Waals surface area (Å²) >= 11 is 7.91. The highest BCUT2D eigenvalue weighted by molar-refractivity contribution is 7.11. The van der Waals surface area contributed by atoms with E-state index in [-0.39, 0.29) is 6.04 Å². The quantitative estimate of drug-likeness (QED) is 0.832. The van der Waals surface area contributed by atoms with Gasteiger partial charge in [0.2, 0.25) is 0 Å². The summed E-state index contributed by atoms with van der Waals surface area (Å²) in [6.07, 6.45) is 2.08. The van der Waals surface area contributed by atoms with Crippen LogP contribution in [0.1, 0.15) is 47.5 Å². The maximum atomic E-state index is 6.13. The lowest BCUT2D eigenvalue weighted by Gasteiger charge is -2.17. The van der Waals surface area contributed by atoms with Crippen molar-refractivity contribution in [1.29, 1.82) is 0 Å². The second-order valence-electron chi connectivity index (χ2n) is 4.85. The van der Waals surface area contributed by atoms with Gasteiger partial charge in [-0.15, -0.1) is 11.3 Å². The van der Waals surface area contributed by atoms with Gasteiger partial charge < -0.3 is 5.32 Å². The second-order valence-corrected chi connectivity index (χ2v) is 6.52. The number of thiazole rings is 1. The molecule has 0 aliphatic rings. The van der Waals surface area contributed by atoms with Crippen LogP contribution in [0.15, 0.2) is 24.3 Å². The summed E-state index contributed by atoms with van der Waals surface area (Å²) in [5, 5.41) is 5.49. The predicted molar refractivity (Wildman–Crippen MR) is 87.8 cm³/mol. The molecule has 1 unspecified atom stereocenters. The molecule has 0 aliphatic carbocycles. The minimum Gasteiger partial charge on any atom is -0.304 e. The minimum absolute atomic E-state index is 0.137. The van der Waals surface area contributed by atoms with Gasteiger partial charge in [0.1, 0.15) is 5.01 Å². The smallest absolute Gasteiger partial charge is 0.115 e. The Kier molecular flexibility index (Phi) is 5.58. The predicted octanol–water partition coefficient (Wildman–Crippen LogP) is 4.76. The van der Waals surface area contributed by atoms with E-state index < -0.39 is 0 Å². The van der Waals surface area contributed by atoms with Crippen molar-refractivity contribution in [2.75, 3.05) is 6.54 Å². The lowest BCUT2D eigenvalue weighted by atomic mass is 10.1. The lowest BCUT2D eigenvalue weighted by Crippen LogP contribution is -2.23. The van der Waals surface area contributed by atoms with Gasteiger partial charge in [0.15, 0.2) is 0 Å². The molecule has 0 saturated heterocycles. The Balaban J connectivity index is 2.35. The van der Waals surface area contributed by atoms with Crippen molar-refractivity contribution in [2.24, 2.45) is 0 Å². The highest BCUT2D eigenvalue weighted by Gasteiger charge is 2.18. The molecule has 0 spiro atoms. The summed E-state index contributed by atoms with van der Waals surface area (Å²) in [4.78, 5) is 6.11. The molecule has 1 N–H and O–H groups in total. The molecule has 0 amide bonds.